The second-order valence-electron chi connectivity index (χ2n) is 6.76. The summed E-state index contributed by atoms with van der Waals surface area (Å²) < 4.78 is 0. The Morgan fingerprint density at radius 3 is 1.26 bits per heavy atom. The molecule has 0 aromatic heterocycles. The summed E-state index contributed by atoms with van der Waals surface area (Å²) >= 11 is 0. The highest BCUT2D eigenvalue weighted by molar-refractivity contribution is 7.96. The molecule has 0 saturated heterocycles. The molecule has 3 heteroatoms. The van der Waals surface area contributed by atoms with Crippen LogP contribution in [0.4, 0.5) is 0 Å². The van der Waals surface area contributed by atoms with Crippen LogP contribution in [-0.2, 0) is 4.79 Å². The minimum absolute atomic E-state index is 0.500. The van der Waals surface area contributed by atoms with Crippen LogP contribution < -0.4 is 21.0 Å². The Labute approximate surface area is 162 Å². The lowest BCUT2D eigenvalue weighted by Crippen LogP contribution is -2.37. The van der Waals surface area contributed by atoms with E-state index in [1.165, 1.54) is 41.6 Å². The largest absolute Gasteiger partial charge is 0.554 e. The van der Waals surface area contributed by atoms with Crippen molar-refractivity contribution >= 4 is 29.6 Å². The Hall–Kier alpha value is -2.44. The van der Waals surface area contributed by atoms with Crippen LogP contribution in [0.5, 0.6) is 0 Å². The van der Waals surface area contributed by atoms with Crippen molar-refractivity contribution in [3.63, 3.8) is 0 Å². The number of hydrogen-bond donors (Lipinski definition) is 0. The second-order valence-corrected chi connectivity index (χ2v) is 10.5. The first-order chi connectivity index (χ1) is 13.3. The topological polar surface area (TPSA) is 40.1 Å². The number of carbonyl (C=O) groups is 1. The van der Waals surface area contributed by atoms with Crippen LogP contribution in [0.25, 0.3) is 0 Å². The third-order valence-corrected chi connectivity index (χ3v) is 10.3. The van der Waals surface area contributed by atoms with Gasteiger partial charge in [-0.05, 0) is 62.1 Å². The van der Waals surface area contributed by atoms with Gasteiger partial charge in [0.15, 0.2) is 0 Å². The molecule has 0 atom stereocenters. The third kappa shape index (κ3) is 3.96. The smallest absolute Gasteiger partial charge is 0.115 e. The van der Waals surface area contributed by atoms with Crippen LogP contribution in [0, 0.1) is 0 Å². The van der Waals surface area contributed by atoms with E-state index in [0.29, 0.717) is 0 Å². The third-order valence-electron chi connectivity index (χ3n) is 5.36. The van der Waals surface area contributed by atoms with E-state index >= 15 is 0 Å². The van der Waals surface area contributed by atoms with E-state index in [-0.39, 0.29) is 0 Å². The molecule has 0 radical (unpaired) electrons. The molecular weight excluding hydrogens is 351 g/mol. The van der Waals surface area contributed by atoms with Gasteiger partial charge in [-0.1, -0.05) is 54.6 Å². The zero-order valence-electron chi connectivity index (χ0n) is 15.4. The van der Waals surface area contributed by atoms with Gasteiger partial charge in [-0.3, -0.25) is 0 Å². The highest BCUT2D eigenvalue weighted by atomic mass is 31.2. The van der Waals surface area contributed by atoms with Gasteiger partial charge in [0.25, 0.3) is 0 Å². The summed E-state index contributed by atoms with van der Waals surface area (Å²) in [5, 5.41) is 12.9. The van der Waals surface area contributed by atoms with Crippen LogP contribution in [0.3, 0.4) is 0 Å². The van der Waals surface area contributed by atoms with Gasteiger partial charge in [-0.15, -0.1) is 0 Å². The molecule has 1 saturated carbocycles. The van der Waals surface area contributed by atoms with Crippen molar-refractivity contribution in [3.8, 4) is 0 Å². The lowest BCUT2D eigenvalue weighted by atomic mass is 10.3. The summed E-state index contributed by atoms with van der Waals surface area (Å²) in [6.45, 7) is -0.500. The summed E-state index contributed by atoms with van der Waals surface area (Å²) in [6.07, 6.45) is 5.46. The number of hydrogen-bond acceptors (Lipinski definition) is 2. The van der Waals surface area contributed by atoms with Crippen LogP contribution >= 0.6 is 7.26 Å². The molecule has 0 bridgehead atoms. The molecule has 4 rings (SSSR count). The molecule has 0 amide bonds. The first-order valence-corrected chi connectivity index (χ1v) is 11.3. The van der Waals surface area contributed by atoms with E-state index in [9.17, 15) is 0 Å². The van der Waals surface area contributed by atoms with E-state index in [1.807, 2.05) is 0 Å². The fraction of sp³-hybridized carbons (Fsp3) is 0.208. The zero-order valence-corrected chi connectivity index (χ0v) is 16.3. The van der Waals surface area contributed by atoms with E-state index in [0.717, 1.165) is 5.66 Å². The van der Waals surface area contributed by atoms with Gasteiger partial charge in [0.2, 0.25) is 0 Å². The lowest BCUT2D eigenvalue weighted by molar-refractivity contribution is -0.283. The molecular formula is C24H25O2P. The van der Waals surface area contributed by atoms with E-state index in [4.69, 9.17) is 9.90 Å². The van der Waals surface area contributed by atoms with Crippen LogP contribution in [0.1, 0.15) is 25.7 Å². The average Bonchev–Trinajstić information content (AvgIpc) is 3.27. The maximum absolute atomic E-state index is 8.25. The van der Waals surface area contributed by atoms with Crippen LogP contribution in [-0.4, -0.2) is 12.1 Å². The fourth-order valence-electron chi connectivity index (χ4n) is 4.36. The lowest BCUT2D eigenvalue weighted by Gasteiger charge is -2.32. The average molecular weight is 376 g/mol. The van der Waals surface area contributed by atoms with Crippen molar-refractivity contribution in [3.05, 3.63) is 91.0 Å². The van der Waals surface area contributed by atoms with Gasteiger partial charge < -0.3 is 9.90 Å². The van der Waals surface area contributed by atoms with Crippen molar-refractivity contribution < 1.29 is 9.90 Å². The summed E-state index contributed by atoms with van der Waals surface area (Å²) in [6, 6.07) is 33.9. The Bertz CT molecular complexity index is 716. The SMILES string of the molecule is O=C[O-].c1ccc([P+](c2ccccc2)(c2ccccc2)C2CCCC2)cc1. The van der Waals surface area contributed by atoms with Crippen molar-refractivity contribution in [2.45, 2.75) is 31.3 Å². The predicted molar refractivity (Wildman–Crippen MR) is 113 cm³/mol. The first kappa shape index (κ1) is 19.3. The highest BCUT2D eigenvalue weighted by Crippen LogP contribution is 2.63. The maximum atomic E-state index is 8.25. The quantitative estimate of drug-likeness (QED) is 0.518. The number of rotatable bonds is 4. The molecule has 2 nitrogen and oxygen atoms in total. The van der Waals surface area contributed by atoms with Gasteiger partial charge in [0.05, 0.1) is 5.66 Å². The summed E-state index contributed by atoms with van der Waals surface area (Å²) in [4.78, 5) is 8.25. The van der Waals surface area contributed by atoms with E-state index < -0.39 is 13.7 Å². The molecule has 0 aliphatic heterocycles. The van der Waals surface area contributed by atoms with Crippen molar-refractivity contribution in [1.29, 1.82) is 0 Å². The van der Waals surface area contributed by atoms with Gasteiger partial charge >= 0.3 is 0 Å². The molecule has 0 N–H and O–H groups in total. The molecule has 1 aliphatic rings. The van der Waals surface area contributed by atoms with Crippen molar-refractivity contribution in [1.82, 2.24) is 0 Å². The van der Waals surface area contributed by atoms with Gasteiger partial charge in [-0.25, -0.2) is 0 Å². The maximum Gasteiger partial charge on any atom is 0.115 e. The van der Waals surface area contributed by atoms with Crippen molar-refractivity contribution in [2.75, 3.05) is 0 Å². The molecule has 0 spiro atoms. The van der Waals surface area contributed by atoms with Gasteiger partial charge in [0.1, 0.15) is 23.2 Å². The van der Waals surface area contributed by atoms with Crippen LogP contribution in [0.15, 0.2) is 91.0 Å². The molecule has 0 heterocycles. The highest BCUT2D eigenvalue weighted by Gasteiger charge is 2.52. The van der Waals surface area contributed by atoms with Crippen LogP contribution in [0.2, 0.25) is 0 Å². The minimum atomic E-state index is -1.60. The standard InChI is InChI=1S/C23H24P.CH2O2/c1-4-12-20(13-5-1)24(23-18-10-11-19-23,21-14-6-2-7-15-21)22-16-8-3-9-17-22;2-1-3/h1-9,12-17,23H,10-11,18-19H2;1H,(H,2,3)/q+1;/p-1. The number of benzene rings is 3. The number of carbonyl (C=O) groups excluding carboxylic acids is 1. The van der Waals surface area contributed by atoms with Gasteiger partial charge in [0, 0.05) is 6.47 Å². The molecule has 0 unspecified atom stereocenters. The van der Waals surface area contributed by atoms with Crippen molar-refractivity contribution in [2.24, 2.45) is 0 Å². The molecule has 27 heavy (non-hydrogen) atoms. The Morgan fingerprint density at radius 2 is 0.963 bits per heavy atom. The molecule has 1 fully saturated rings. The zero-order chi connectivity index (χ0) is 19.0. The normalized spacial score (nSPS) is 14.2. The predicted octanol–water partition coefficient (Wildman–Crippen LogP) is 3.29. The minimum Gasteiger partial charge on any atom is -0.554 e. The summed E-state index contributed by atoms with van der Waals surface area (Å²) in [5.74, 6) is 0. The number of carboxylic acid groups (broad SMARTS) is 1. The molecule has 138 valence electrons. The molecule has 3 aromatic rings. The van der Waals surface area contributed by atoms with E-state index in [1.54, 1.807) is 0 Å². The Morgan fingerprint density at radius 1 is 0.667 bits per heavy atom. The fourth-order valence-corrected chi connectivity index (χ4v) is 9.59. The van der Waals surface area contributed by atoms with Gasteiger partial charge in [-0.2, -0.15) is 0 Å². The second kappa shape index (κ2) is 9.48. The Kier molecular flexibility index (Phi) is 6.79. The first-order valence-electron chi connectivity index (χ1n) is 9.45. The summed E-state index contributed by atoms with van der Waals surface area (Å²) in [5.41, 5.74) is 0.768. The molecule has 1 aliphatic carbocycles. The molecule has 3 aromatic carbocycles. The van der Waals surface area contributed by atoms with E-state index in [2.05, 4.69) is 91.0 Å². The monoisotopic (exact) mass is 376 g/mol. The summed E-state index contributed by atoms with van der Waals surface area (Å²) in [7, 11) is -1.60. The Balaban J connectivity index is 0.000000659.